The summed E-state index contributed by atoms with van der Waals surface area (Å²) in [7, 11) is 2.14. The predicted molar refractivity (Wildman–Crippen MR) is 115 cm³/mol. The molecule has 0 aliphatic rings. The van der Waals surface area contributed by atoms with E-state index in [2.05, 4.69) is 4.74 Å². The average Bonchev–Trinajstić information content (AvgIpc) is 2.77. The number of aromatic nitrogens is 3. The van der Waals surface area contributed by atoms with E-state index in [0.717, 1.165) is 32.4 Å². The van der Waals surface area contributed by atoms with Gasteiger partial charge < -0.3 is 9.47 Å². The number of rotatable bonds is 5. The van der Waals surface area contributed by atoms with Gasteiger partial charge in [-0.15, -0.1) is 0 Å². The third-order valence-corrected chi connectivity index (χ3v) is 5.19. The molecule has 0 aliphatic heterocycles. The van der Waals surface area contributed by atoms with Crippen LogP contribution in [-0.2, 0) is 29.3 Å². The lowest BCUT2D eigenvalue weighted by Crippen LogP contribution is -2.53. The van der Waals surface area contributed by atoms with Crippen LogP contribution in [0.15, 0.2) is 50.8 Å². The van der Waals surface area contributed by atoms with E-state index in [0.29, 0.717) is 19.8 Å². The van der Waals surface area contributed by atoms with Gasteiger partial charge in [-0.2, -0.15) is 13.2 Å². The fourth-order valence-electron chi connectivity index (χ4n) is 2.85. The van der Waals surface area contributed by atoms with Gasteiger partial charge in [0.15, 0.2) is 0 Å². The monoisotopic (exact) mass is 519 g/mol. The summed E-state index contributed by atoms with van der Waals surface area (Å²) in [5.74, 6) is -1.09. The first-order chi connectivity index (χ1) is 15.8. The van der Waals surface area contributed by atoms with E-state index < -0.39 is 41.3 Å². The van der Waals surface area contributed by atoms with Gasteiger partial charge in [-0.3, -0.25) is 4.79 Å². The van der Waals surface area contributed by atoms with Gasteiger partial charge in [-0.1, -0.05) is 23.2 Å². The lowest BCUT2D eigenvalue weighted by Gasteiger charge is -2.14. The Morgan fingerprint density at radius 2 is 1.65 bits per heavy atom. The highest BCUT2D eigenvalue weighted by Crippen LogP contribution is 2.37. The molecule has 34 heavy (non-hydrogen) atoms. The molecular formula is C20H14Cl2F3N3O6. The number of hydrogen-bond donors (Lipinski definition) is 0. The van der Waals surface area contributed by atoms with Gasteiger partial charge in [0.1, 0.15) is 18.0 Å². The molecule has 0 aliphatic carbocycles. The minimum atomic E-state index is -4.61. The molecule has 180 valence electrons. The molecule has 0 unspecified atom stereocenters. The Morgan fingerprint density at radius 3 is 2.24 bits per heavy atom. The molecule has 0 fully saturated rings. The molecule has 2 aromatic carbocycles. The first kappa shape index (κ1) is 25.1. The lowest BCUT2D eigenvalue weighted by atomic mass is 10.2. The smallest absolute Gasteiger partial charge is 0.416 e. The molecule has 3 aromatic rings. The van der Waals surface area contributed by atoms with Gasteiger partial charge in [0.05, 0.1) is 28.4 Å². The Labute approximate surface area is 198 Å². The molecule has 3 rings (SSSR count). The first-order valence-corrected chi connectivity index (χ1v) is 9.95. The van der Waals surface area contributed by atoms with Crippen LogP contribution in [0.5, 0.6) is 11.5 Å². The van der Waals surface area contributed by atoms with Crippen molar-refractivity contribution in [2.75, 3.05) is 7.11 Å². The third-order valence-electron chi connectivity index (χ3n) is 4.58. The molecule has 9 nitrogen and oxygen atoms in total. The second kappa shape index (κ2) is 9.39. The Balaban J connectivity index is 2.12. The molecule has 1 aromatic heterocycles. The standard InChI is InChI=1S/C20H14Cl2F3N3O6/c1-26-17(30)27(9-16(29)33-2)19(32)28(18(26)31)14-8-11(4-5-12(14)21)34-15-6-3-10(7-13(15)22)20(23,24)25/h3-8H,9H2,1-2H3. The van der Waals surface area contributed by atoms with Crippen LogP contribution in [0.1, 0.15) is 5.56 Å². The highest BCUT2D eigenvalue weighted by atomic mass is 35.5. The van der Waals surface area contributed by atoms with Crippen molar-refractivity contribution in [2.24, 2.45) is 7.05 Å². The van der Waals surface area contributed by atoms with E-state index in [1.165, 1.54) is 12.1 Å². The van der Waals surface area contributed by atoms with Crippen molar-refractivity contribution in [1.82, 2.24) is 13.7 Å². The molecule has 0 spiro atoms. The van der Waals surface area contributed by atoms with Crippen molar-refractivity contribution in [3.05, 3.63) is 83.5 Å². The second-order valence-corrected chi connectivity index (χ2v) is 7.58. The Kier molecular flexibility index (Phi) is 6.94. The minimum Gasteiger partial charge on any atom is -0.468 e. The Hall–Kier alpha value is -3.51. The highest BCUT2D eigenvalue weighted by Gasteiger charge is 2.31. The predicted octanol–water partition coefficient (Wildman–Crippen LogP) is 2.99. The van der Waals surface area contributed by atoms with E-state index >= 15 is 0 Å². The number of nitrogens with zero attached hydrogens (tertiary/aromatic N) is 3. The van der Waals surface area contributed by atoms with Crippen LogP contribution in [0.3, 0.4) is 0 Å². The quantitative estimate of drug-likeness (QED) is 0.480. The fraction of sp³-hybridized carbons (Fsp3) is 0.200. The van der Waals surface area contributed by atoms with Crippen molar-refractivity contribution in [3.63, 3.8) is 0 Å². The summed E-state index contributed by atoms with van der Waals surface area (Å²) in [5, 5.41) is -0.445. The van der Waals surface area contributed by atoms with Gasteiger partial charge in [-0.25, -0.2) is 28.1 Å². The SMILES string of the molecule is COC(=O)Cn1c(=O)n(C)c(=O)n(-c2cc(Oc3ccc(C(F)(F)F)cc3Cl)ccc2Cl)c1=O. The third kappa shape index (κ3) is 4.87. The van der Waals surface area contributed by atoms with Crippen LogP contribution in [0.25, 0.3) is 5.69 Å². The fourth-order valence-corrected chi connectivity index (χ4v) is 3.27. The van der Waals surface area contributed by atoms with Crippen molar-refractivity contribution >= 4 is 29.2 Å². The van der Waals surface area contributed by atoms with Gasteiger partial charge >= 0.3 is 29.2 Å². The van der Waals surface area contributed by atoms with Crippen LogP contribution >= 0.6 is 23.2 Å². The number of methoxy groups -OCH3 is 1. The Morgan fingerprint density at radius 1 is 0.971 bits per heavy atom. The summed E-state index contributed by atoms with van der Waals surface area (Å²) in [6.45, 7) is -0.767. The van der Waals surface area contributed by atoms with Crippen molar-refractivity contribution < 1.29 is 27.4 Å². The summed E-state index contributed by atoms with van der Waals surface area (Å²) < 4.78 is 50.1. The van der Waals surface area contributed by atoms with Gasteiger partial charge in [0.25, 0.3) is 0 Å². The molecule has 0 radical (unpaired) electrons. The molecule has 14 heteroatoms. The number of alkyl halides is 3. The molecule has 0 bridgehead atoms. The summed E-state index contributed by atoms with van der Waals surface area (Å²) in [4.78, 5) is 49.5. The molecular weight excluding hydrogens is 506 g/mol. The molecule has 0 atom stereocenters. The van der Waals surface area contributed by atoms with Crippen LogP contribution in [0, 0.1) is 0 Å². The van der Waals surface area contributed by atoms with Crippen LogP contribution in [-0.4, -0.2) is 26.8 Å². The van der Waals surface area contributed by atoms with E-state index in [4.69, 9.17) is 27.9 Å². The number of carbonyl (C=O) groups is 1. The molecule has 0 saturated carbocycles. The molecule has 0 saturated heterocycles. The molecule has 0 N–H and O–H groups in total. The van der Waals surface area contributed by atoms with Gasteiger partial charge in [0.2, 0.25) is 0 Å². The highest BCUT2D eigenvalue weighted by molar-refractivity contribution is 6.32. The van der Waals surface area contributed by atoms with E-state index in [9.17, 15) is 32.3 Å². The van der Waals surface area contributed by atoms with Crippen LogP contribution < -0.4 is 21.8 Å². The maximum atomic E-state index is 12.9. The van der Waals surface area contributed by atoms with Crippen molar-refractivity contribution in [3.8, 4) is 17.2 Å². The number of hydrogen-bond acceptors (Lipinski definition) is 6. The normalized spacial score (nSPS) is 11.4. The molecule has 0 amide bonds. The number of esters is 1. The van der Waals surface area contributed by atoms with E-state index in [-0.39, 0.29) is 27.2 Å². The maximum absolute atomic E-state index is 12.9. The zero-order valence-corrected chi connectivity index (χ0v) is 18.9. The molecule has 1 heterocycles. The number of halogens is 5. The summed E-state index contributed by atoms with van der Waals surface area (Å²) in [5.41, 5.74) is -4.50. The minimum absolute atomic E-state index is 0.0410. The van der Waals surface area contributed by atoms with Crippen LogP contribution in [0.2, 0.25) is 10.0 Å². The van der Waals surface area contributed by atoms with Crippen molar-refractivity contribution in [2.45, 2.75) is 12.7 Å². The zero-order chi connectivity index (χ0) is 25.4. The van der Waals surface area contributed by atoms with Crippen molar-refractivity contribution in [1.29, 1.82) is 0 Å². The number of benzene rings is 2. The first-order valence-electron chi connectivity index (χ1n) is 9.19. The van der Waals surface area contributed by atoms with Gasteiger partial charge in [0, 0.05) is 13.1 Å². The van der Waals surface area contributed by atoms with Crippen LogP contribution in [0.4, 0.5) is 13.2 Å². The van der Waals surface area contributed by atoms with E-state index in [1.807, 2.05) is 0 Å². The van der Waals surface area contributed by atoms with E-state index in [1.54, 1.807) is 0 Å². The summed E-state index contributed by atoms with van der Waals surface area (Å²) in [6, 6.07) is 6.16. The lowest BCUT2D eigenvalue weighted by molar-refractivity contribution is -0.141. The maximum Gasteiger partial charge on any atom is 0.416 e. The number of ether oxygens (including phenoxy) is 2. The number of carbonyl (C=O) groups excluding carboxylic acids is 1. The Bertz CT molecular complexity index is 1460. The average molecular weight is 520 g/mol. The summed E-state index contributed by atoms with van der Waals surface area (Å²) in [6.07, 6.45) is -4.61. The zero-order valence-electron chi connectivity index (χ0n) is 17.4. The second-order valence-electron chi connectivity index (χ2n) is 6.76. The topological polar surface area (TPSA) is 102 Å². The summed E-state index contributed by atoms with van der Waals surface area (Å²) >= 11 is 12.1. The van der Waals surface area contributed by atoms with Gasteiger partial charge in [-0.05, 0) is 30.3 Å². The largest absolute Gasteiger partial charge is 0.468 e.